The van der Waals surface area contributed by atoms with Gasteiger partial charge in [0, 0.05) is 11.9 Å². The van der Waals surface area contributed by atoms with E-state index in [1.165, 1.54) is 12.3 Å². The molecule has 0 aliphatic heterocycles. The highest BCUT2D eigenvalue weighted by Gasteiger charge is 2.09. The van der Waals surface area contributed by atoms with E-state index in [0.717, 1.165) is 0 Å². The molecule has 0 spiro atoms. The molecule has 0 radical (unpaired) electrons. The molecule has 0 fully saturated rings. The van der Waals surface area contributed by atoms with E-state index in [0.29, 0.717) is 0 Å². The Hall–Kier alpha value is -1.91. The number of nitrogens with zero attached hydrogens (tertiary/aromatic N) is 2. The second-order valence-corrected chi connectivity index (χ2v) is 2.22. The normalized spacial score (nSPS) is 11.4. The number of hydrogen-bond donors (Lipinski definition) is 1. The zero-order valence-electron chi connectivity index (χ0n) is 8.06. The highest BCUT2D eigenvalue weighted by Crippen LogP contribution is 2.03. The van der Waals surface area contributed by atoms with Gasteiger partial charge in [-0.05, 0) is 13.0 Å². The lowest BCUT2D eigenvalue weighted by atomic mass is 10.3. The predicted octanol–water partition coefficient (Wildman–Crippen LogP) is 1.50. The molecule has 0 atom stereocenters. The van der Waals surface area contributed by atoms with Crippen molar-refractivity contribution < 1.29 is 9.53 Å². The number of esters is 1. The molecule has 2 N–H and O–H groups in total. The summed E-state index contributed by atoms with van der Waals surface area (Å²) in [6.45, 7) is 8.69. The van der Waals surface area contributed by atoms with Gasteiger partial charge >= 0.3 is 5.97 Å². The summed E-state index contributed by atoms with van der Waals surface area (Å²) in [7, 11) is 0. The minimum absolute atomic E-state index is 0.000694. The van der Waals surface area contributed by atoms with Crippen molar-refractivity contribution in [1.29, 1.82) is 0 Å². The molecule has 76 valence electrons. The van der Waals surface area contributed by atoms with Gasteiger partial charge in [-0.2, -0.15) is 5.11 Å². The summed E-state index contributed by atoms with van der Waals surface area (Å²) in [6.07, 6.45) is 2.48. The topological polar surface area (TPSA) is 77.0 Å². The van der Waals surface area contributed by atoms with E-state index < -0.39 is 5.97 Å². The van der Waals surface area contributed by atoms with Gasteiger partial charge in [0.1, 0.15) is 0 Å². The van der Waals surface area contributed by atoms with Crippen LogP contribution in [0.3, 0.4) is 0 Å². The lowest BCUT2D eigenvalue weighted by Gasteiger charge is -2.00. The van der Waals surface area contributed by atoms with E-state index in [-0.39, 0.29) is 18.0 Å². The Labute approximate surface area is 82.7 Å². The monoisotopic (exact) mass is 195 g/mol. The minimum Gasteiger partial charge on any atom is -0.461 e. The summed E-state index contributed by atoms with van der Waals surface area (Å²) in [4.78, 5) is 11.2. The first-order chi connectivity index (χ1) is 6.61. The fourth-order valence-electron chi connectivity index (χ4n) is 0.612. The Balaban J connectivity index is 4.71. The number of carbonyl (C=O) groups is 1. The van der Waals surface area contributed by atoms with Crippen LogP contribution in [0.2, 0.25) is 0 Å². The van der Waals surface area contributed by atoms with Crippen molar-refractivity contribution in [3.05, 3.63) is 36.8 Å². The third-order valence-electron chi connectivity index (χ3n) is 1.05. The molecule has 5 nitrogen and oxygen atoms in total. The molecule has 0 amide bonds. The maximum absolute atomic E-state index is 11.2. The highest BCUT2D eigenvalue weighted by molar-refractivity contribution is 5.88. The van der Waals surface area contributed by atoms with Crippen molar-refractivity contribution in [2.24, 2.45) is 16.0 Å². The average Bonchev–Trinajstić information content (AvgIpc) is 2.12. The largest absolute Gasteiger partial charge is 0.461 e. The van der Waals surface area contributed by atoms with E-state index in [1.54, 1.807) is 6.92 Å². The highest BCUT2D eigenvalue weighted by atomic mass is 16.5. The first-order valence-electron chi connectivity index (χ1n) is 3.96. The number of azo groups is 1. The number of carbonyl (C=O) groups excluding carboxylic acids is 1. The van der Waals surface area contributed by atoms with Crippen molar-refractivity contribution in [2.45, 2.75) is 6.92 Å². The summed E-state index contributed by atoms with van der Waals surface area (Å²) in [5.41, 5.74) is 5.50. The van der Waals surface area contributed by atoms with E-state index >= 15 is 0 Å². The maximum atomic E-state index is 11.2. The molecular weight excluding hydrogens is 182 g/mol. The summed E-state index contributed by atoms with van der Waals surface area (Å²) in [5, 5.41) is 7.01. The van der Waals surface area contributed by atoms with E-state index in [2.05, 4.69) is 23.4 Å². The molecular formula is C9H13N3O2. The standard InChI is InChI=1S/C9H13N3O2/c1-4-11-12-8(6-7(3)10)9(13)14-5-2/h4,6H,1,3,5,10H2,2H3/b8-6-,12-11?. The first-order valence-corrected chi connectivity index (χ1v) is 3.96. The number of nitrogens with two attached hydrogens (primary N) is 1. The summed E-state index contributed by atoms with van der Waals surface area (Å²) >= 11 is 0. The van der Waals surface area contributed by atoms with Crippen LogP contribution in [-0.4, -0.2) is 12.6 Å². The van der Waals surface area contributed by atoms with Gasteiger partial charge in [-0.15, -0.1) is 5.11 Å². The van der Waals surface area contributed by atoms with Crippen LogP contribution in [0.1, 0.15) is 6.92 Å². The van der Waals surface area contributed by atoms with E-state index in [9.17, 15) is 4.79 Å². The van der Waals surface area contributed by atoms with Gasteiger partial charge in [0.25, 0.3) is 0 Å². The predicted molar refractivity (Wildman–Crippen MR) is 53.1 cm³/mol. The number of hydrogen-bond acceptors (Lipinski definition) is 5. The molecule has 0 saturated heterocycles. The Morgan fingerprint density at radius 2 is 2.29 bits per heavy atom. The fraction of sp³-hybridized carbons (Fsp3) is 0.222. The minimum atomic E-state index is -0.593. The van der Waals surface area contributed by atoms with E-state index in [4.69, 9.17) is 10.5 Å². The van der Waals surface area contributed by atoms with Crippen LogP contribution in [-0.2, 0) is 9.53 Å². The second-order valence-electron chi connectivity index (χ2n) is 2.22. The maximum Gasteiger partial charge on any atom is 0.358 e. The van der Waals surface area contributed by atoms with Crippen LogP contribution in [0.5, 0.6) is 0 Å². The molecule has 0 heterocycles. The molecule has 0 unspecified atom stereocenters. The Morgan fingerprint density at radius 1 is 1.64 bits per heavy atom. The number of allylic oxidation sites excluding steroid dienone is 1. The molecule has 0 aliphatic rings. The van der Waals surface area contributed by atoms with Gasteiger partial charge in [0.05, 0.1) is 6.61 Å². The fourth-order valence-corrected chi connectivity index (χ4v) is 0.612. The molecule has 0 aromatic carbocycles. The zero-order valence-corrected chi connectivity index (χ0v) is 8.06. The summed E-state index contributed by atoms with van der Waals surface area (Å²) in [6, 6.07) is 0. The number of ether oxygens (including phenoxy) is 1. The molecule has 0 bridgehead atoms. The summed E-state index contributed by atoms with van der Waals surface area (Å²) in [5.74, 6) is -0.593. The molecule has 0 aliphatic carbocycles. The van der Waals surface area contributed by atoms with Crippen LogP contribution < -0.4 is 5.73 Å². The van der Waals surface area contributed by atoms with Gasteiger partial charge in [0.15, 0.2) is 5.70 Å². The van der Waals surface area contributed by atoms with Crippen molar-refractivity contribution >= 4 is 5.97 Å². The quantitative estimate of drug-likeness (QED) is 0.312. The molecule has 5 heteroatoms. The van der Waals surface area contributed by atoms with Crippen LogP contribution in [0.15, 0.2) is 47.1 Å². The van der Waals surface area contributed by atoms with Crippen LogP contribution in [0.4, 0.5) is 0 Å². The van der Waals surface area contributed by atoms with Crippen molar-refractivity contribution in [3.8, 4) is 0 Å². The van der Waals surface area contributed by atoms with Gasteiger partial charge in [-0.1, -0.05) is 13.2 Å². The Kier molecular flexibility index (Phi) is 5.69. The van der Waals surface area contributed by atoms with Crippen molar-refractivity contribution in [3.63, 3.8) is 0 Å². The lowest BCUT2D eigenvalue weighted by molar-refractivity contribution is -0.138. The molecule has 0 rings (SSSR count). The molecule has 0 saturated carbocycles. The SMILES string of the molecule is C=CN=N/C(=C\C(=C)N)C(=O)OCC. The zero-order chi connectivity index (χ0) is 11.0. The third-order valence-corrected chi connectivity index (χ3v) is 1.05. The molecule has 0 aromatic rings. The average molecular weight is 195 g/mol. The van der Waals surface area contributed by atoms with Crippen molar-refractivity contribution in [2.75, 3.05) is 6.61 Å². The lowest BCUT2D eigenvalue weighted by Crippen LogP contribution is -2.07. The molecule has 14 heavy (non-hydrogen) atoms. The second kappa shape index (κ2) is 6.59. The Morgan fingerprint density at radius 3 is 2.71 bits per heavy atom. The number of rotatable bonds is 5. The first kappa shape index (κ1) is 12.1. The van der Waals surface area contributed by atoms with Gasteiger partial charge in [0.2, 0.25) is 0 Å². The van der Waals surface area contributed by atoms with Gasteiger partial charge in [-0.3, -0.25) is 0 Å². The van der Waals surface area contributed by atoms with Crippen LogP contribution in [0.25, 0.3) is 0 Å². The summed E-state index contributed by atoms with van der Waals surface area (Å²) < 4.78 is 4.71. The van der Waals surface area contributed by atoms with Gasteiger partial charge < -0.3 is 10.5 Å². The van der Waals surface area contributed by atoms with E-state index in [1.807, 2.05) is 0 Å². The smallest absolute Gasteiger partial charge is 0.358 e. The third kappa shape index (κ3) is 4.87. The van der Waals surface area contributed by atoms with Crippen LogP contribution in [0, 0.1) is 0 Å². The van der Waals surface area contributed by atoms with Gasteiger partial charge in [-0.25, -0.2) is 4.79 Å². The van der Waals surface area contributed by atoms with Crippen LogP contribution >= 0.6 is 0 Å². The van der Waals surface area contributed by atoms with Crippen molar-refractivity contribution in [1.82, 2.24) is 0 Å². The molecule has 0 aromatic heterocycles. The Bertz CT molecular complexity index is 292.